The third kappa shape index (κ3) is 3.53. The fourth-order valence-electron chi connectivity index (χ4n) is 1.46. The smallest absolute Gasteiger partial charge is 0.213 e. The lowest BCUT2D eigenvalue weighted by Crippen LogP contribution is -2.05. The van der Waals surface area contributed by atoms with Gasteiger partial charge in [-0.2, -0.15) is 0 Å². The summed E-state index contributed by atoms with van der Waals surface area (Å²) in [5.41, 5.74) is 7.58. The number of pyridine rings is 2. The first kappa shape index (κ1) is 11.5. The van der Waals surface area contributed by atoms with Gasteiger partial charge >= 0.3 is 0 Å². The van der Waals surface area contributed by atoms with E-state index in [4.69, 9.17) is 10.5 Å². The Morgan fingerprint density at radius 1 is 1.12 bits per heavy atom. The van der Waals surface area contributed by atoms with E-state index in [1.54, 1.807) is 12.4 Å². The van der Waals surface area contributed by atoms with Crippen LogP contribution in [-0.2, 0) is 13.0 Å². The van der Waals surface area contributed by atoms with Crippen LogP contribution in [0.2, 0.25) is 0 Å². The molecule has 0 saturated carbocycles. The lowest BCUT2D eigenvalue weighted by Gasteiger charge is -2.05. The fourth-order valence-corrected chi connectivity index (χ4v) is 1.46. The zero-order chi connectivity index (χ0) is 11.9. The van der Waals surface area contributed by atoms with Gasteiger partial charge in [0.25, 0.3) is 0 Å². The number of aromatic nitrogens is 2. The van der Waals surface area contributed by atoms with Crippen LogP contribution < -0.4 is 10.5 Å². The Morgan fingerprint density at radius 2 is 2.06 bits per heavy atom. The Labute approximate surface area is 100 Å². The van der Waals surface area contributed by atoms with Gasteiger partial charge in [0.1, 0.15) is 0 Å². The van der Waals surface area contributed by atoms with Crippen LogP contribution in [0.4, 0.5) is 0 Å². The normalized spacial score (nSPS) is 10.2. The van der Waals surface area contributed by atoms with E-state index < -0.39 is 0 Å². The molecule has 0 spiro atoms. The van der Waals surface area contributed by atoms with Crippen LogP contribution in [0.3, 0.4) is 0 Å². The molecular formula is C13H15N3O. The van der Waals surface area contributed by atoms with E-state index in [2.05, 4.69) is 9.97 Å². The van der Waals surface area contributed by atoms with E-state index >= 15 is 0 Å². The molecule has 0 fully saturated rings. The van der Waals surface area contributed by atoms with Crippen LogP contribution in [0.5, 0.6) is 5.88 Å². The molecule has 4 nitrogen and oxygen atoms in total. The molecular weight excluding hydrogens is 214 g/mol. The number of nitrogens with zero attached hydrogens (tertiary/aromatic N) is 2. The van der Waals surface area contributed by atoms with Crippen LogP contribution >= 0.6 is 0 Å². The van der Waals surface area contributed by atoms with Crippen molar-refractivity contribution in [3.63, 3.8) is 0 Å². The molecule has 0 radical (unpaired) electrons. The molecule has 2 rings (SSSR count). The topological polar surface area (TPSA) is 61.0 Å². The molecule has 0 amide bonds. The van der Waals surface area contributed by atoms with E-state index in [9.17, 15) is 0 Å². The molecule has 2 aromatic rings. The van der Waals surface area contributed by atoms with Gasteiger partial charge < -0.3 is 10.5 Å². The second-order valence-corrected chi connectivity index (χ2v) is 3.63. The number of hydrogen-bond donors (Lipinski definition) is 1. The maximum atomic E-state index is 5.55. The molecule has 0 unspecified atom stereocenters. The Kier molecular flexibility index (Phi) is 4.05. The van der Waals surface area contributed by atoms with Gasteiger partial charge in [-0.1, -0.05) is 6.07 Å². The fraction of sp³-hybridized carbons (Fsp3) is 0.231. The number of ether oxygens (including phenoxy) is 1. The minimum absolute atomic E-state index is 0.499. The van der Waals surface area contributed by atoms with Crippen molar-refractivity contribution in [2.45, 2.75) is 13.0 Å². The molecule has 0 atom stereocenters. The summed E-state index contributed by atoms with van der Waals surface area (Å²) >= 11 is 0. The van der Waals surface area contributed by atoms with Gasteiger partial charge in [-0.15, -0.1) is 0 Å². The largest absolute Gasteiger partial charge is 0.477 e. The molecule has 2 heterocycles. The van der Waals surface area contributed by atoms with Crippen molar-refractivity contribution >= 4 is 0 Å². The Morgan fingerprint density at radius 3 is 2.82 bits per heavy atom. The maximum absolute atomic E-state index is 5.55. The van der Waals surface area contributed by atoms with Crippen LogP contribution in [0.1, 0.15) is 11.3 Å². The first-order valence-electron chi connectivity index (χ1n) is 5.56. The van der Waals surface area contributed by atoms with Gasteiger partial charge in [-0.25, -0.2) is 4.98 Å². The summed E-state index contributed by atoms with van der Waals surface area (Å²) in [6.07, 6.45) is 4.26. The van der Waals surface area contributed by atoms with E-state index in [0.717, 1.165) is 17.7 Å². The quantitative estimate of drug-likeness (QED) is 0.845. The number of nitrogens with two attached hydrogens (primary N) is 1. The van der Waals surface area contributed by atoms with Crippen molar-refractivity contribution in [1.29, 1.82) is 0 Å². The summed E-state index contributed by atoms with van der Waals surface area (Å²) in [5.74, 6) is 0.615. The summed E-state index contributed by atoms with van der Waals surface area (Å²) in [5, 5.41) is 0. The third-order valence-corrected chi connectivity index (χ3v) is 2.37. The van der Waals surface area contributed by atoms with Gasteiger partial charge in [-0.05, 0) is 23.8 Å². The third-order valence-electron chi connectivity index (χ3n) is 2.37. The standard InChI is InChI=1S/C13H15N3O/c14-10-11-4-7-16-13(9-11)17-8-5-12-3-1-2-6-15-12/h1-4,6-7,9H,5,8,10,14H2. The summed E-state index contributed by atoms with van der Waals surface area (Å²) in [6, 6.07) is 9.59. The molecule has 17 heavy (non-hydrogen) atoms. The van der Waals surface area contributed by atoms with E-state index in [1.165, 1.54) is 0 Å². The van der Waals surface area contributed by atoms with Crippen molar-refractivity contribution < 1.29 is 4.74 Å². The minimum Gasteiger partial charge on any atom is -0.477 e. The van der Waals surface area contributed by atoms with Gasteiger partial charge in [0, 0.05) is 37.1 Å². The van der Waals surface area contributed by atoms with Gasteiger partial charge in [0.2, 0.25) is 5.88 Å². The monoisotopic (exact) mass is 229 g/mol. The second-order valence-electron chi connectivity index (χ2n) is 3.63. The summed E-state index contributed by atoms with van der Waals surface area (Å²) in [6.45, 7) is 1.07. The highest BCUT2D eigenvalue weighted by Crippen LogP contribution is 2.09. The highest BCUT2D eigenvalue weighted by atomic mass is 16.5. The Balaban J connectivity index is 1.86. The molecule has 2 aromatic heterocycles. The molecule has 0 aliphatic carbocycles. The van der Waals surface area contributed by atoms with Gasteiger partial charge in [-0.3, -0.25) is 4.98 Å². The lowest BCUT2D eigenvalue weighted by atomic mass is 10.3. The lowest BCUT2D eigenvalue weighted by molar-refractivity contribution is 0.308. The summed E-state index contributed by atoms with van der Waals surface area (Å²) in [4.78, 5) is 8.34. The minimum atomic E-state index is 0.499. The first-order chi connectivity index (χ1) is 8.38. The molecule has 0 aliphatic rings. The predicted octanol–water partition coefficient (Wildman–Crippen LogP) is 1.56. The van der Waals surface area contributed by atoms with Gasteiger partial charge in [0.05, 0.1) is 6.61 Å². The van der Waals surface area contributed by atoms with E-state index in [1.807, 2.05) is 30.3 Å². The Hall–Kier alpha value is -1.94. The zero-order valence-corrected chi connectivity index (χ0v) is 9.54. The van der Waals surface area contributed by atoms with Crippen molar-refractivity contribution in [3.8, 4) is 5.88 Å². The molecule has 2 N–H and O–H groups in total. The zero-order valence-electron chi connectivity index (χ0n) is 9.54. The summed E-state index contributed by atoms with van der Waals surface area (Å²) in [7, 11) is 0. The van der Waals surface area contributed by atoms with Crippen molar-refractivity contribution in [3.05, 3.63) is 54.0 Å². The second kappa shape index (κ2) is 5.96. The van der Waals surface area contributed by atoms with E-state index in [-0.39, 0.29) is 0 Å². The Bertz CT molecular complexity index is 459. The average Bonchev–Trinajstić information content (AvgIpc) is 2.40. The number of rotatable bonds is 5. The van der Waals surface area contributed by atoms with Crippen LogP contribution in [0.25, 0.3) is 0 Å². The van der Waals surface area contributed by atoms with Crippen LogP contribution in [0, 0.1) is 0 Å². The predicted molar refractivity (Wildman–Crippen MR) is 65.6 cm³/mol. The highest BCUT2D eigenvalue weighted by Gasteiger charge is 1.98. The molecule has 0 aliphatic heterocycles. The van der Waals surface area contributed by atoms with Gasteiger partial charge in [0.15, 0.2) is 0 Å². The molecule has 0 bridgehead atoms. The SMILES string of the molecule is NCc1ccnc(OCCc2ccccn2)c1. The van der Waals surface area contributed by atoms with Crippen LogP contribution in [-0.4, -0.2) is 16.6 Å². The molecule has 4 heteroatoms. The van der Waals surface area contributed by atoms with Crippen molar-refractivity contribution in [1.82, 2.24) is 9.97 Å². The average molecular weight is 229 g/mol. The first-order valence-corrected chi connectivity index (χ1v) is 5.56. The van der Waals surface area contributed by atoms with E-state index in [0.29, 0.717) is 19.0 Å². The molecule has 88 valence electrons. The molecule has 0 saturated heterocycles. The van der Waals surface area contributed by atoms with Crippen LogP contribution in [0.15, 0.2) is 42.7 Å². The molecule has 0 aromatic carbocycles. The summed E-state index contributed by atoms with van der Waals surface area (Å²) < 4.78 is 5.55. The van der Waals surface area contributed by atoms with Crippen molar-refractivity contribution in [2.24, 2.45) is 5.73 Å². The maximum Gasteiger partial charge on any atom is 0.213 e. The highest BCUT2D eigenvalue weighted by molar-refractivity contribution is 5.20. The number of hydrogen-bond acceptors (Lipinski definition) is 4. The van der Waals surface area contributed by atoms with Crippen molar-refractivity contribution in [2.75, 3.05) is 6.61 Å².